The van der Waals surface area contributed by atoms with Gasteiger partial charge in [0.25, 0.3) is 5.91 Å². The normalized spacial score (nSPS) is 15.1. The standard InChI is InChI=1S/C16H23NO4/c1-11(2)16(4,10-14(18)19)17-15(20)12(3)21-13-8-6-5-7-9-13/h5-9,11-12H,10H2,1-4H3,(H,17,20)(H,18,19). The van der Waals surface area contributed by atoms with Crippen LogP contribution in [0.15, 0.2) is 30.3 Å². The van der Waals surface area contributed by atoms with Crippen molar-refractivity contribution in [3.63, 3.8) is 0 Å². The van der Waals surface area contributed by atoms with Gasteiger partial charge < -0.3 is 15.2 Å². The number of aliphatic carboxylic acids is 1. The molecule has 1 aromatic carbocycles. The summed E-state index contributed by atoms with van der Waals surface area (Å²) >= 11 is 0. The number of para-hydroxylation sites is 1. The van der Waals surface area contributed by atoms with Crippen LogP contribution in [-0.4, -0.2) is 28.6 Å². The van der Waals surface area contributed by atoms with Crippen molar-refractivity contribution in [3.8, 4) is 5.75 Å². The summed E-state index contributed by atoms with van der Waals surface area (Å²) in [5, 5.41) is 11.8. The van der Waals surface area contributed by atoms with Crippen molar-refractivity contribution in [2.45, 2.75) is 45.8 Å². The molecular weight excluding hydrogens is 270 g/mol. The molecule has 0 radical (unpaired) electrons. The quantitative estimate of drug-likeness (QED) is 0.809. The molecule has 0 aliphatic heterocycles. The molecule has 0 aromatic heterocycles. The minimum atomic E-state index is -0.942. The third-order valence-electron chi connectivity index (χ3n) is 3.63. The van der Waals surface area contributed by atoms with Crippen molar-refractivity contribution in [1.82, 2.24) is 5.32 Å². The highest BCUT2D eigenvalue weighted by Gasteiger charge is 2.34. The van der Waals surface area contributed by atoms with Gasteiger partial charge in [-0.3, -0.25) is 9.59 Å². The number of rotatable bonds is 7. The monoisotopic (exact) mass is 293 g/mol. The second-order valence-corrected chi connectivity index (χ2v) is 5.71. The molecule has 0 saturated carbocycles. The van der Waals surface area contributed by atoms with Crippen LogP contribution in [0.5, 0.6) is 5.75 Å². The van der Waals surface area contributed by atoms with Crippen molar-refractivity contribution in [1.29, 1.82) is 0 Å². The summed E-state index contributed by atoms with van der Waals surface area (Å²) in [4.78, 5) is 23.2. The number of carbonyl (C=O) groups excluding carboxylic acids is 1. The van der Waals surface area contributed by atoms with Gasteiger partial charge >= 0.3 is 5.97 Å². The van der Waals surface area contributed by atoms with E-state index >= 15 is 0 Å². The average molecular weight is 293 g/mol. The van der Waals surface area contributed by atoms with Crippen LogP contribution in [0.4, 0.5) is 0 Å². The van der Waals surface area contributed by atoms with E-state index in [4.69, 9.17) is 9.84 Å². The van der Waals surface area contributed by atoms with Crippen molar-refractivity contribution < 1.29 is 19.4 Å². The molecule has 2 atom stereocenters. The lowest BCUT2D eigenvalue weighted by atomic mass is 9.85. The van der Waals surface area contributed by atoms with Gasteiger partial charge in [-0.2, -0.15) is 0 Å². The molecule has 0 fully saturated rings. The number of nitrogens with one attached hydrogen (secondary N) is 1. The van der Waals surface area contributed by atoms with E-state index in [-0.39, 0.29) is 18.2 Å². The van der Waals surface area contributed by atoms with Crippen LogP contribution in [-0.2, 0) is 9.59 Å². The van der Waals surface area contributed by atoms with Crippen molar-refractivity contribution in [2.75, 3.05) is 0 Å². The van der Waals surface area contributed by atoms with E-state index in [0.29, 0.717) is 5.75 Å². The smallest absolute Gasteiger partial charge is 0.305 e. The van der Waals surface area contributed by atoms with Crippen LogP contribution in [0, 0.1) is 5.92 Å². The number of carboxylic acids is 1. The predicted molar refractivity (Wildman–Crippen MR) is 80.2 cm³/mol. The maximum absolute atomic E-state index is 12.2. The second-order valence-electron chi connectivity index (χ2n) is 5.71. The Hall–Kier alpha value is -2.04. The summed E-state index contributed by atoms with van der Waals surface area (Å²) < 4.78 is 5.55. The molecule has 0 bridgehead atoms. The Labute approximate surface area is 125 Å². The van der Waals surface area contributed by atoms with Gasteiger partial charge in [0.05, 0.1) is 12.0 Å². The maximum Gasteiger partial charge on any atom is 0.305 e. The zero-order chi connectivity index (χ0) is 16.0. The summed E-state index contributed by atoms with van der Waals surface area (Å²) in [5.74, 6) is -0.675. The van der Waals surface area contributed by atoms with Crippen molar-refractivity contribution in [3.05, 3.63) is 30.3 Å². The van der Waals surface area contributed by atoms with Crippen LogP contribution in [0.1, 0.15) is 34.1 Å². The first-order valence-corrected chi connectivity index (χ1v) is 7.00. The van der Waals surface area contributed by atoms with E-state index in [1.165, 1.54) is 0 Å². The number of hydrogen-bond donors (Lipinski definition) is 2. The fraction of sp³-hybridized carbons (Fsp3) is 0.500. The minimum absolute atomic E-state index is 0.0125. The molecule has 0 saturated heterocycles. The third-order valence-corrected chi connectivity index (χ3v) is 3.63. The third kappa shape index (κ3) is 5.10. The topological polar surface area (TPSA) is 75.6 Å². The predicted octanol–water partition coefficient (Wildman–Crippen LogP) is 2.46. The van der Waals surface area contributed by atoms with Crippen LogP contribution in [0.2, 0.25) is 0 Å². The number of ether oxygens (including phenoxy) is 1. The van der Waals surface area contributed by atoms with Gasteiger partial charge in [-0.25, -0.2) is 0 Å². The fourth-order valence-electron chi connectivity index (χ4n) is 1.85. The van der Waals surface area contributed by atoms with Crippen molar-refractivity contribution in [2.24, 2.45) is 5.92 Å². The summed E-state index contributed by atoms with van der Waals surface area (Å²) in [6.45, 7) is 7.14. The van der Waals surface area contributed by atoms with Crippen LogP contribution in [0.3, 0.4) is 0 Å². The molecule has 0 heterocycles. The number of amides is 1. The Morgan fingerprint density at radius 3 is 2.29 bits per heavy atom. The van der Waals surface area contributed by atoms with Crippen LogP contribution in [0.25, 0.3) is 0 Å². The minimum Gasteiger partial charge on any atom is -0.481 e. The SMILES string of the molecule is CC(Oc1ccccc1)C(=O)NC(C)(CC(=O)O)C(C)C. The number of carbonyl (C=O) groups is 2. The van der Waals surface area contributed by atoms with E-state index in [1.54, 1.807) is 26.0 Å². The lowest BCUT2D eigenvalue weighted by molar-refractivity contribution is -0.140. The fourth-order valence-corrected chi connectivity index (χ4v) is 1.85. The van der Waals surface area contributed by atoms with Gasteiger partial charge in [-0.05, 0) is 31.9 Å². The number of benzene rings is 1. The van der Waals surface area contributed by atoms with Crippen molar-refractivity contribution >= 4 is 11.9 Å². The summed E-state index contributed by atoms with van der Waals surface area (Å²) in [5.41, 5.74) is -0.808. The summed E-state index contributed by atoms with van der Waals surface area (Å²) in [6.07, 6.45) is -0.826. The molecule has 5 nitrogen and oxygen atoms in total. The van der Waals surface area contributed by atoms with Crippen LogP contribution >= 0.6 is 0 Å². The molecular formula is C16H23NO4. The molecule has 0 spiro atoms. The average Bonchev–Trinajstić information content (AvgIpc) is 2.38. The first kappa shape index (κ1) is 17.0. The Morgan fingerprint density at radius 2 is 1.81 bits per heavy atom. The Morgan fingerprint density at radius 1 is 1.24 bits per heavy atom. The van der Waals surface area contributed by atoms with E-state index in [2.05, 4.69) is 5.32 Å². The van der Waals surface area contributed by atoms with E-state index in [9.17, 15) is 9.59 Å². The van der Waals surface area contributed by atoms with E-state index in [1.807, 2.05) is 32.0 Å². The van der Waals surface area contributed by atoms with Gasteiger partial charge in [0.2, 0.25) is 0 Å². The molecule has 0 aliphatic rings. The van der Waals surface area contributed by atoms with Gasteiger partial charge in [0.15, 0.2) is 6.10 Å². The summed E-state index contributed by atoms with van der Waals surface area (Å²) in [7, 11) is 0. The highest BCUT2D eigenvalue weighted by molar-refractivity contribution is 5.82. The highest BCUT2D eigenvalue weighted by atomic mass is 16.5. The lowest BCUT2D eigenvalue weighted by Crippen LogP contribution is -2.54. The molecule has 21 heavy (non-hydrogen) atoms. The first-order valence-electron chi connectivity index (χ1n) is 7.00. The highest BCUT2D eigenvalue weighted by Crippen LogP contribution is 2.21. The number of hydrogen-bond acceptors (Lipinski definition) is 3. The molecule has 1 rings (SSSR count). The van der Waals surface area contributed by atoms with Gasteiger partial charge in [0.1, 0.15) is 5.75 Å². The zero-order valence-electron chi connectivity index (χ0n) is 12.9. The van der Waals surface area contributed by atoms with E-state index < -0.39 is 17.6 Å². The second kappa shape index (κ2) is 7.11. The largest absolute Gasteiger partial charge is 0.481 e. The molecule has 2 unspecified atom stereocenters. The Kier molecular flexibility index (Phi) is 5.76. The first-order chi connectivity index (χ1) is 9.74. The Bertz CT molecular complexity index is 486. The van der Waals surface area contributed by atoms with E-state index in [0.717, 1.165) is 0 Å². The molecule has 0 aliphatic carbocycles. The molecule has 2 N–H and O–H groups in total. The van der Waals surface area contributed by atoms with Gasteiger partial charge in [-0.15, -0.1) is 0 Å². The van der Waals surface area contributed by atoms with Crippen LogP contribution < -0.4 is 10.1 Å². The zero-order valence-corrected chi connectivity index (χ0v) is 12.9. The lowest BCUT2D eigenvalue weighted by Gasteiger charge is -2.34. The summed E-state index contributed by atoms with van der Waals surface area (Å²) in [6, 6.07) is 9.04. The maximum atomic E-state index is 12.2. The number of carboxylic acid groups (broad SMARTS) is 1. The van der Waals surface area contributed by atoms with Gasteiger partial charge in [0, 0.05) is 0 Å². The molecule has 5 heteroatoms. The molecule has 1 amide bonds. The molecule has 1 aromatic rings. The van der Waals surface area contributed by atoms with Gasteiger partial charge in [-0.1, -0.05) is 32.0 Å². The Balaban J connectivity index is 2.71. The molecule has 116 valence electrons.